The van der Waals surface area contributed by atoms with Crippen molar-refractivity contribution in [2.75, 3.05) is 32.8 Å². The molecule has 4 heterocycles. The number of aliphatic carboxylic acids is 1. The summed E-state index contributed by atoms with van der Waals surface area (Å²) in [4.78, 5) is 102. The number of nitrogens with two attached hydrogens (primary N) is 4. The van der Waals surface area contributed by atoms with Crippen molar-refractivity contribution in [3.05, 3.63) is 165 Å². The lowest BCUT2D eigenvalue weighted by molar-refractivity contribution is -0.147. The Bertz CT molecular complexity index is 4150. The van der Waals surface area contributed by atoms with Crippen molar-refractivity contribution < 1.29 is 62.8 Å². The molecule has 100 heavy (non-hydrogen) atoms. The minimum absolute atomic E-state index is 0.00851. The third-order valence-electron chi connectivity index (χ3n) is 16.0. The number of ether oxygens (including phenoxy) is 3. The van der Waals surface area contributed by atoms with Crippen LogP contribution in [-0.4, -0.2) is 155 Å². The molecule has 5 atom stereocenters. The largest absolute Gasteiger partial charge is 0.485 e. The normalized spacial score (nSPS) is 13.8. The molecular formula is C69H87ClN16O14. The number of carbonyl (C=O) groups excluding carboxylic acids is 4. The Morgan fingerprint density at radius 2 is 1.59 bits per heavy atom. The van der Waals surface area contributed by atoms with Crippen molar-refractivity contribution in [3.63, 3.8) is 0 Å². The molecule has 0 fully saturated rings. The molecule has 0 saturated heterocycles. The van der Waals surface area contributed by atoms with Crippen LogP contribution >= 0.6 is 11.6 Å². The number of benzene rings is 5. The molecule has 0 aliphatic carbocycles. The van der Waals surface area contributed by atoms with Gasteiger partial charge >= 0.3 is 17.7 Å². The lowest BCUT2D eigenvalue weighted by Crippen LogP contribution is -2.57. The predicted octanol–water partition coefficient (Wildman–Crippen LogP) is 4.82. The number of aromatic carboxylic acids is 1. The summed E-state index contributed by atoms with van der Waals surface area (Å²) in [5, 5.41) is 45.2. The molecule has 0 saturated carbocycles. The van der Waals surface area contributed by atoms with Gasteiger partial charge in [-0.25, -0.2) is 24.8 Å². The second-order valence-electron chi connectivity index (χ2n) is 24.6. The molecule has 1 aliphatic heterocycles. The number of rotatable bonds is 33. The number of nitrogens with zero attached hydrogens (tertiary/aromatic N) is 5. The number of carboxylic acids is 2. The standard InChI is InChI=1S/C25H20N4O5.C24H45N11O4.C20H22ClNO5/c1-2-33-24-26-20-9-5-8-19(23(30)31)21(20)29(24)14-15-10-12-16(13-11-15)17-6-3-4-7-18(17)22-27-25(32)34-28-22;1-23(2,34-20(38)17(35-28)12-15-13-29-14-31-15)18(36)9-5-6-11-32-24(3,4)21(39)33-16(19(25)37)8-7-10-30-22(26)27;1-12(22-10-16(23)14-3-2-4-15(21)9-14)7-13-5-6-17-18(8-13)26-11-19(27-17)20(24)25/h3-13H,2,14H2,1H3,(H,30,31)(H,27,28,32);13-14,16-17,32,35H,5-12,28H2,1-4H3,(H2,25,37)(H,29,31)(H,33,39)(H,34,38)(H4,26,27,30);2-6,8-9,12,16,19,22-23H,7,10-11H2,1H3,(H,24,25)/t;16-,17-;12-,16+,19-/m.01/s1. The van der Waals surface area contributed by atoms with Crippen molar-refractivity contribution in [2.45, 2.75) is 134 Å². The summed E-state index contributed by atoms with van der Waals surface area (Å²) < 4.78 is 23.1. The fourth-order valence-corrected chi connectivity index (χ4v) is 10.8. The zero-order valence-corrected chi connectivity index (χ0v) is 57.1. The summed E-state index contributed by atoms with van der Waals surface area (Å²) in [5.74, 6) is 2.60. The highest BCUT2D eigenvalue weighted by atomic mass is 35.5. The maximum Gasteiger partial charge on any atom is 0.439 e. The highest BCUT2D eigenvalue weighted by Gasteiger charge is 2.33. The van der Waals surface area contributed by atoms with Crippen LogP contribution < -0.4 is 69.7 Å². The number of guanidine groups is 1. The van der Waals surface area contributed by atoms with Crippen LogP contribution in [0.1, 0.15) is 112 Å². The van der Waals surface area contributed by atoms with Gasteiger partial charge in [-0.2, -0.15) is 4.98 Å². The van der Waals surface area contributed by atoms with Crippen LogP contribution in [0.4, 0.5) is 0 Å². The molecule has 31 heteroatoms. The minimum atomic E-state index is -1.09. The number of carbonyl (C=O) groups is 6. The van der Waals surface area contributed by atoms with Crippen LogP contribution in [0.25, 0.3) is 33.5 Å². The lowest BCUT2D eigenvalue weighted by atomic mass is 9.94. The summed E-state index contributed by atoms with van der Waals surface area (Å²) in [6.45, 7) is 12.5. The second-order valence-corrected chi connectivity index (χ2v) is 25.1. The summed E-state index contributed by atoms with van der Waals surface area (Å²) in [5.41, 5.74) is 23.7. The molecule has 0 unspecified atom stereocenters. The van der Waals surface area contributed by atoms with E-state index in [2.05, 4.69) is 61.3 Å². The molecule has 5 aromatic carbocycles. The number of nitrogens with one attached hydrogen (secondary N) is 7. The van der Waals surface area contributed by atoms with Crippen LogP contribution in [0.2, 0.25) is 5.02 Å². The van der Waals surface area contributed by atoms with Gasteiger partial charge in [-0.05, 0) is 144 Å². The Hall–Kier alpha value is -10.5. The third-order valence-corrected chi connectivity index (χ3v) is 16.3. The monoisotopic (exact) mass is 1400 g/mol. The van der Waals surface area contributed by atoms with Gasteiger partial charge in [0.1, 0.15) is 18.7 Å². The number of aromatic amines is 2. The molecule has 1 aliphatic rings. The van der Waals surface area contributed by atoms with Crippen molar-refractivity contribution in [1.82, 2.24) is 56.4 Å². The van der Waals surface area contributed by atoms with Crippen LogP contribution in [0.3, 0.4) is 0 Å². The molecule has 30 nitrogen and oxygen atoms in total. The number of halogens is 1. The van der Waals surface area contributed by atoms with E-state index in [-0.39, 0.29) is 42.3 Å². The molecule has 534 valence electrons. The highest BCUT2D eigenvalue weighted by molar-refractivity contribution is 6.30. The number of aliphatic hydroxyl groups is 1. The molecule has 0 bridgehead atoms. The number of carboxylic acid groups (broad SMARTS) is 2. The highest BCUT2D eigenvalue weighted by Crippen LogP contribution is 2.34. The van der Waals surface area contributed by atoms with E-state index in [1.807, 2.05) is 86.6 Å². The Morgan fingerprint density at radius 3 is 2.24 bits per heavy atom. The number of fused-ring (bicyclic) bond motifs is 2. The summed E-state index contributed by atoms with van der Waals surface area (Å²) in [6, 6.07) is 32.0. The fraction of sp³-hybridized carbons (Fsp3) is 0.377. The van der Waals surface area contributed by atoms with E-state index >= 15 is 0 Å². The zero-order valence-electron chi connectivity index (χ0n) is 56.4. The predicted molar refractivity (Wildman–Crippen MR) is 374 cm³/mol. The quantitative estimate of drug-likeness (QED) is 0.00861. The number of H-pyrrole nitrogens is 2. The topological polar surface area (TPSA) is 473 Å². The number of unbranched alkanes of at least 4 members (excludes halogenated alkanes) is 1. The maximum atomic E-state index is 12.8. The Kier molecular flexibility index (Phi) is 28.0. The number of imidazole rings is 2. The van der Waals surface area contributed by atoms with Crippen molar-refractivity contribution in [3.8, 4) is 40.0 Å². The Labute approximate surface area is 581 Å². The van der Waals surface area contributed by atoms with Gasteiger partial charge in [0.25, 0.3) is 6.01 Å². The van der Waals surface area contributed by atoms with Gasteiger partial charge in [-0.3, -0.25) is 44.1 Å². The molecule has 18 N–H and O–H groups in total. The van der Waals surface area contributed by atoms with Crippen molar-refractivity contribution in [2.24, 2.45) is 28.0 Å². The fourth-order valence-electron chi connectivity index (χ4n) is 10.6. The SMILES string of the molecule is CC(C)(NC(=O)[C@H](Cc1cnc[nH]1)NN)C(=O)CCCCNC(C)(C)C(=O)N[C@@H](CCCN=C(N)N)C(N)=O.CCOc1nc2cccc(C(=O)O)c2n1Cc1ccc(-c2ccccc2-c2noc(=O)[nH]2)cc1.C[C@H](Cc1ccc2c(c1)OC[C@H](C(=O)O)O2)NC[C@H](O)c1cccc(Cl)c1. The van der Waals surface area contributed by atoms with Crippen LogP contribution in [0, 0.1) is 0 Å². The zero-order chi connectivity index (χ0) is 72.7. The molecule has 9 rings (SSSR count). The average Bonchev–Trinajstić information content (AvgIpc) is 1.60. The smallest absolute Gasteiger partial charge is 0.439 e. The van der Waals surface area contributed by atoms with E-state index in [0.29, 0.717) is 104 Å². The number of aliphatic hydroxyl groups excluding tert-OH is 1. The first kappa shape index (κ1) is 76.9. The Morgan fingerprint density at radius 1 is 0.860 bits per heavy atom. The van der Waals surface area contributed by atoms with Gasteiger partial charge in [-0.1, -0.05) is 89.6 Å². The van der Waals surface area contributed by atoms with E-state index in [1.54, 1.807) is 74.9 Å². The molecule has 3 aromatic heterocycles. The molecule has 8 aromatic rings. The number of Topliss-reactive ketones (excluding diaryl/α,β-unsaturated/α-hetero) is 1. The van der Waals surface area contributed by atoms with Crippen molar-refractivity contribution >= 4 is 64.0 Å². The number of primary amides is 1. The first-order chi connectivity index (χ1) is 47.7. The number of hydrogen-bond donors (Lipinski definition) is 14. The number of hydrazine groups is 1. The van der Waals surface area contributed by atoms with E-state index in [0.717, 1.165) is 45.5 Å². The number of aromatic nitrogens is 6. The number of hydrogen-bond acceptors (Lipinski definition) is 20. The van der Waals surface area contributed by atoms with Gasteiger partial charge in [0, 0.05) is 54.4 Å². The average molecular weight is 1400 g/mol. The summed E-state index contributed by atoms with van der Waals surface area (Å²) >= 11 is 5.96. The molecule has 0 spiro atoms. The number of para-hydroxylation sites is 1. The summed E-state index contributed by atoms with van der Waals surface area (Å²) in [6.07, 6.45) is 4.67. The van der Waals surface area contributed by atoms with Gasteiger partial charge < -0.3 is 73.0 Å². The van der Waals surface area contributed by atoms with Gasteiger partial charge in [-0.15, -0.1) is 0 Å². The van der Waals surface area contributed by atoms with Gasteiger partial charge in [0.15, 0.2) is 29.1 Å². The first-order valence-corrected chi connectivity index (χ1v) is 32.7. The van der Waals surface area contributed by atoms with Gasteiger partial charge in [0.05, 0.1) is 53.3 Å². The number of aliphatic imine (C=N–C) groups is 1. The number of ketones is 1. The summed E-state index contributed by atoms with van der Waals surface area (Å²) in [7, 11) is 0. The second kappa shape index (κ2) is 36.4. The third kappa shape index (κ3) is 22.3. The molecule has 0 radical (unpaired) electrons. The van der Waals surface area contributed by atoms with E-state index in [4.69, 9.17) is 54.0 Å². The first-order valence-electron chi connectivity index (χ1n) is 32.3. The Balaban J connectivity index is 0.000000214. The van der Waals surface area contributed by atoms with Crippen molar-refractivity contribution in [1.29, 1.82) is 0 Å². The van der Waals surface area contributed by atoms with E-state index in [9.17, 15) is 43.8 Å². The molecular weight excluding hydrogens is 1310 g/mol. The maximum absolute atomic E-state index is 12.8. The van der Waals surface area contributed by atoms with E-state index < -0.39 is 64.9 Å². The van der Waals surface area contributed by atoms with Crippen LogP contribution in [0.15, 0.2) is 136 Å². The minimum Gasteiger partial charge on any atom is -0.485 e. The van der Waals surface area contributed by atoms with Crippen LogP contribution in [-0.2, 0) is 43.4 Å². The lowest BCUT2D eigenvalue weighted by Gasteiger charge is -2.28. The van der Waals surface area contributed by atoms with Crippen LogP contribution in [0.5, 0.6) is 17.5 Å². The number of amides is 3. The van der Waals surface area contributed by atoms with E-state index in [1.165, 1.54) is 6.33 Å². The molecule has 3 amide bonds. The van der Waals surface area contributed by atoms with Gasteiger partial charge in [0.2, 0.25) is 23.8 Å².